The van der Waals surface area contributed by atoms with Gasteiger partial charge < -0.3 is 5.32 Å². The Balaban J connectivity index is 1.81. The van der Waals surface area contributed by atoms with E-state index in [4.69, 9.17) is 11.6 Å². The fourth-order valence-electron chi connectivity index (χ4n) is 2.47. The molecule has 0 atom stereocenters. The molecule has 0 radical (unpaired) electrons. The van der Waals surface area contributed by atoms with Gasteiger partial charge in [-0.25, -0.2) is 8.42 Å². The summed E-state index contributed by atoms with van der Waals surface area (Å²) in [7, 11) is -3.38. The number of rotatable bonds is 9. The number of carbonyl (C=O) groups excluding carboxylic acids is 1. The topological polar surface area (TPSA) is 66.5 Å². The van der Waals surface area contributed by atoms with Gasteiger partial charge in [-0.15, -0.1) is 0 Å². The van der Waals surface area contributed by atoms with Gasteiger partial charge in [-0.3, -0.25) is 4.79 Å². The molecule has 0 fully saturated rings. The van der Waals surface area contributed by atoms with Crippen LogP contribution in [0.3, 0.4) is 0 Å². The lowest BCUT2D eigenvalue weighted by Crippen LogP contribution is -2.37. The minimum atomic E-state index is -3.38. The van der Waals surface area contributed by atoms with Gasteiger partial charge in [0, 0.05) is 31.1 Å². The molecule has 26 heavy (non-hydrogen) atoms. The van der Waals surface area contributed by atoms with Crippen LogP contribution in [0.2, 0.25) is 5.02 Å². The maximum absolute atomic E-state index is 12.0. The van der Waals surface area contributed by atoms with Gasteiger partial charge in [0.15, 0.2) is 0 Å². The van der Waals surface area contributed by atoms with Crippen LogP contribution in [-0.2, 0) is 27.8 Å². The SMILES string of the molecule is CS(=O)(=O)N(CCNC(=O)CCc1ccccc1)Cc1ccc(Cl)cc1. The van der Waals surface area contributed by atoms with Gasteiger partial charge in [0.1, 0.15) is 0 Å². The van der Waals surface area contributed by atoms with Crippen LogP contribution in [0.15, 0.2) is 54.6 Å². The first kappa shape index (κ1) is 20.4. The van der Waals surface area contributed by atoms with Gasteiger partial charge in [0.2, 0.25) is 15.9 Å². The molecule has 7 heteroatoms. The Bertz CT molecular complexity index is 808. The molecule has 0 saturated carbocycles. The predicted octanol–water partition coefficient (Wildman–Crippen LogP) is 2.85. The third-order valence-corrected chi connectivity index (χ3v) is 5.41. The number of nitrogens with zero attached hydrogens (tertiary/aromatic N) is 1. The fourth-order valence-corrected chi connectivity index (χ4v) is 3.40. The van der Waals surface area contributed by atoms with Crippen LogP contribution in [-0.4, -0.2) is 38.0 Å². The molecule has 0 aromatic heterocycles. The zero-order valence-electron chi connectivity index (χ0n) is 14.7. The van der Waals surface area contributed by atoms with E-state index >= 15 is 0 Å². The lowest BCUT2D eigenvalue weighted by Gasteiger charge is -2.20. The predicted molar refractivity (Wildman–Crippen MR) is 104 cm³/mol. The number of hydrogen-bond acceptors (Lipinski definition) is 3. The highest BCUT2D eigenvalue weighted by Gasteiger charge is 2.17. The van der Waals surface area contributed by atoms with Crippen molar-refractivity contribution < 1.29 is 13.2 Å². The first-order valence-electron chi connectivity index (χ1n) is 8.35. The first-order valence-corrected chi connectivity index (χ1v) is 10.6. The molecule has 0 aliphatic carbocycles. The summed E-state index contributed by atoms with van der Waals surface area (Å²) in [6.45, 7) is 0.739. The van der Waals surface area contributed by atoms with E-state index in [2.05, 4.69) is 5.32 Å². The molecule has 2 aromatic carbocycles. The Morgan fingerprint density at radius 3 is 2.31 bits per heavy atom. The summed E-state index contributed by atoms with van der Waals surface area (Å²) in [6, 6.07) is 16.8. The van der Waals surface area contributed by atoms with Gasteiger partial charge in [-0.2, -0.15) is 4.31 Å². The van der Waals surface area contributed by atoms with Crippen molar-refractivity contribution in [3.63, 3.8) is 0 Å². The quantitative estimate of drug-likeness (QED) is 0.711. The maximum atomic E-state index is 12.0. The summed E-state index contributed by atoms with van der Waals surface area (Å²) in [6.07, 6.45) is 2.20. The van der Waals surface area contributed by atoms with E-state index in [-0.39, 0.29) is 25.5 Å². The molecule has 0 aliphatic heterocycles. The molecule has 140 valence electrons. The van der Waals surface area contributed by atoms with Gasteiger partial charge in [-0.1, -0.05) is 54.1 Å². The van der Waals surface area contributed by atoms with Crippen molar-refractivity contribution in [2.24, 2.45) is 0 Å². The summed E-state index contributed by atoms with van der Waals surface area (Å²) < 4.78 is 25.3. The standard InChI is InChI=1S/C19H23ClN2O3S/c1-26(24,25)22(15-17-7-10-18(20)11-8-17)14-13-21-19(23)12-9-16-5-3-2-4-6-16/h2-8,10-11H,9,12-15H2,1H3,(H,21,23). The van der Waals surface area contributed by atoms with Crippen molar-refractivity contribution in [2.45, 2.75) is 19.4 Å². The largest absolute Gasteiger partial charge is 0.355 e. The second-order valence-corrected chi connectivity index (χ2v) is 8.48. The maximum Gasteiger partial charge on any atom is 0.220 e. The Labute approximate surface area is 160 Å². The number of hydrogen-bond donors (Lipinski definition) is 1. The summed E-state index contributed by atoms with van der Waals surface area (Å²) >= 11 is 5.85. The number of benzene rings is 2. The Morgan fingerprint density at radius 1 is 1.04 bits per heavy atom. The number of nitrogens with one attached hydrogen (secondary N) is 1. The van der Waals surface area contributed by atoms with Crippen LogP contribution in [0.5, 0.6) is 0 Å². The third kappa shape index (κ3) is 7.15. The van der Waals surface area contributed by atoms with Gasteiger partial charge in [0.05, 0.1) is 6.26 Å². The van der Waals surface area contributed by atoms with E-state index in [0.29, 0.717) is 17.9 Å². The molecule has 1 amide bonds. The molecule has 0 aliphatic rings. The number of sulfonamides is 1. The molecule has 0 bridgehead atoms. The van der Waals surface area contributed by atoms with Crippen LogP contribution in [0.25, 0.3) is 0 Å². The average molecular weight is 395 g/mol. The Hall–Kier alpha value is -1.89. The normalized spacial score (nSPS) is 11.5. The van der Waals surface area contributed by atoms with E-state index in [1.807, 2.05) is 30.3 Å². The molecular weight excluding hydrogens is 372 g/mol. The molecule has 0 spiro atoms. The average Bonchev–Trinajstić information content (AvgIpc) is 2.61. The van der Waals surface area contributed by atoms with Crippen molar-refractivity contribution >= 4 is 27.5 Å². The summed E-state index contributed by atoms with van der Waals surface area (Å²) in [4.78, 5) is 11.9. The number of aryl methyl sites for hydroxylation is 1. The highest BCUT2D eigenvalue weighted by molar-refractivity contribution is 7.88. The molecule has 1 N–H and O–H groups in total. The van der Waals surface area contributed by atoms with E-state index in [1.165, 1.54) is 10.6 Å². The van der Waals surface area contributed by atoms with Crippen LogP contribution in [0, 0.1) is 0 Å². The Kier molecular flexibility index (Phi) is 7.63. The first-order chi connectivity index (χ1) is 12.3. The summed E-state index contributed by atoms with van der Waals surface area (Å²) in [5, 5.41) is 3.39. The third-order valence-electron chi connectivity index (χ3n) is 3.91. The summed E-state index contributed by atoms with van der Waals surface area (Å²) in [5.41, 5.74) is 1.94. The smallest absolute Gasteiger partial charge is 0.220 e. The van der Waals surface area contributed by atoms with E-state index < -0.39 is 10.0 Å². The minimum absolute atomic E-state index is 0.0891. The monoisotopic (exact) mass is 394 g/mol. The van der Waals surface area contributed by atoms with Crippen molar-refractivity contribution in [2.75, 3.05) is 19.3 Å². The van der Waals surface area contributed by atoms with Crippen LogP contribution in [0.4, 0.5) is 0 Å². The number of halogens is 1. The lowest BCUT2D eigenvalue weighted by molar-refractivity contribution is -0.121. The molecular formula is C19H23ClN2O3S. The molecule has 2 rings (SSSR count). The van der Waals surface area contributed by atoms with Crippen molar-refractivity contribution in [3.8, 4) is 0 Å². The molecule has 0 heterocycles. The van der Waals surface area contributed by atoms with E-state index in [0.717, 1.165) is 11.1 Å². The van der Waals surface area contributed by atoms with Gasteiger partial charge >= 0.3 is 0 Å². The molecule has 0 unspecified atom stereocenters. The lowest BCUT2D eigenvalue weighted by atomic mass is 10.1. The van der Waals surface area contributed by atoms with Crippen LogP contribution in [0.1, 0.15) is 17.5 Å². The second kappa shape index (κ2) is 9.71. The second-order valence-electron chi connectivity index (χ2n) is 6.06. The van der Waals surface area contributed by atoms with Crippen molar-refractivity contribution in [1.82, 2.24) is 9.62 Å². The van der Waals surface area contributed by atoms with Crippen LogP contribution >= 0.6 is 11.6 Å². The molecule has 2 aromatic rings. The minimum Gasteiger partial charge on any atom is -0.355 e. The number of amides is 1. The Morgan fingerprint density at radius 2 is 1.69 bits per heavy atom. The number of carbonyl (C=O) groups is 1. The zero-order valence-corrected chi connectivity index (χ0v) is 16.3. The van der Waals surface area contributed by atoms with Crippen molar-refractivity contribution in [3.05, 3.63) is 70.7 Å². The van der Waals surface area contributed by atoms with Crippen LogP contribution < -0.4 is 5.32 Å². The van der Waals surface area contributed by atoms with Crippen molar-refractivity contribution in [1.29, 1.82) is 0 Å². The fraction of sp³-hybridized carbons (Fsp3) is 0.316. The van der Waals surface area contributed by atoms with Gasteiger partial charge in [0.25, 0.3) is 0 Å². The highest BCUT2D eigenvalue weighted by Crippen LogP contribution is 2.13. The van der Waals surface area contributed by atoms with E-state index in [9.17, 15) is 13.2 Å². The highest BCUT2D eigenvalue weighted by atomic mass is 35.5. The van der Waals surface area contributed by atoms with E-state index in [1.54, 1.807) is 24.3 Å². The summed E-state index contributed by atoms with van der Waals surface area (Å²) in [5.74, 6) is -0.0891. The zero-order chi connectivity index (χ0) is 19.0. The molecule has 0 saturated heterocycles. The van der Waals surface area contributed by atoms with Gasteiger partial charge in [-0.05, 0) is 29.7 Å². The molecule has 5 nitrogen and oxygen atoms in total.